The van der Waals surface area contributed by atoms with Gasteiger partial charge in [0.2, 0.25) is 0 Å². The van der Waals surface area contributed by atoms with Gasteiger partial charge in [0.05, 0.1) is 0 Å². The fourth-order valence-corrected chi connectivity index (χ4v) is 2.40. The van der Waals surface area contributed by atoms with Crippen molar-refractivity contribution in [2.75, 3.05) is 7.05 Å². The first-order valence-electron chi connectivity index (χ1n) is 6.87. The highest BCUT2D eigenvalue weighted by molar-refractivity contribution is 5.98. The molecule has 4 heteroatoms. The predicted octanol–water partition coefficient (Wildman–Crippen LogP) is 3.14. The zero-order chi connectivity index (χ0) is 14.8. The minimum Gasteiger partial charge on any atom is -0.351 e. The van der Waals surface area contributed by atoms with E-state index < -0.39 is 0 Å². The summed E-state index contributed by atoms with van der Waals surface area (Å²) in [5.41, 5.74) is 3.79. The molecule has 0 spiro atoms. The van der Waals surface area contributed by atoms with Gasteiger partial charge in [0.15, 0.2) is 0 Å². The summed E-state index contributed by atoms with van der Waals surface area (Å²) in [6, 6.07) is 11.9. The quantitative estimate of drug-likeness (QED) is 0.800. The number of hydrogen-bond acceptors (Lipinski definition) is 2. The lowest BCUT2D eigenvalue weighted by Gasteiger charge is -2.16. The Morgan fingerprint density at radius 1 is 1.29 bits per heavy atom. The van der Waals surface area contributed by atoms with E-state index in [1.54, 1.807) is 24.3 Å². The molecule has 0 saturated carbocycles. The molecule has 4 nitrogen and oxygen atoms in total. The summed E-state index contributed by atoms with van der Waals surface area (Å²) >= 11 is 0. The monoisotopic (exact) mass is 279 g/mol. The number of pyridine rings is 1. The van der Waals surface area contributed by atoms with E-state index in [1.165, 1.54) is 5.56 Å². The number of aryl methyl sites for hydroxylation is 1. The first kappa shape index (κ1) is 13.4. The zero-order valence-corrected chi connectivity index (χ0v) is 12.1. The summed E-state index contributed by atoms with van der Waals surface area (Å²) < 4.78 is 0. The Labute approximate surface area is 123 Å². The van der Waals surface area contributed by atoms with Gasteiger partial charge in [-0.15, -0.1) is 0 Å². The average molecular weight is 279 g/mol. The Hall–Kier alpha value is -2.62. The fraction of sp³-hybridized carbons (Fsp3) is 0.176. The number of hydrogen-bond donors (Lipinski definition) is 1. The van der Waals surface area contributed by atoms with E-state index in [4.69, 9.17) is 0 Å². The number of aromatic amines is 1. The molecular weight excluding hydrogens is 262 g/mol. The molecule has 0 aliphatic heterocycles. The highest BCUT2D eigenvalue weighted by atomic mass is 16.2. The van der Waals surface area contributed by atoms with Crippen molar-refractivity contribution in [3.63, 3.8) is 0 Å². The lowest BCUT2D eigenvalue weighted by Crippen LogP contribution is -2.26. The second kappa shape index (κ2) is 5.40. The van der Waals surface area contributed by atoms with Crippen LogP contribution >= 0.6 is 0 Å². The van der Waals surface area contributed by atoms with Gasteiger partial charge in [-0.05, 0) is 36.2 Å². The van der Waals surface area contributed by atoms with Crippen molar-refractivity contribution in [1.82, 2.24) is 14.9 Å². The van der Waals surface area contributed by atoms with E-state index in [0.29, 0.717) is 12.2 Å². The van der Waals surface area contributed by atoms with Crippen LogP contribution in [0.25, 0.3) is 10.9 Å². The predicted molar refractivity (Wildman–Crippen MR) is 83.1 cm³/mol. The van der Waals surface area contributed by atoms with Crippen molar-refractivity contribution in [1.29, 1.82) is 0 Å². The van der Waals surface area contributed by atoms with Gasteiger partial charge in [-0.3, -0.25) is 9.78 Å². The molecule has 0 aliphatic carbocycles. The number of aromatic nitrogens is 2. The molecule has 0 saturated heterocycles. The van der Waals surface area contributed by atoms with Gasteiger partial charge in [-0.1, -0.05) is 18.2 Å². The van der Waals surface area contributed by atoms with Gasteiger partial charge < -0.3 is 9.88 Å². The molecule has 106 valence electrons. The van der Waals surface area contributed by atoms with Crippen LogP contribution < -0.4 is 0 Å². The van der Waals surface area contributed by atoms with Crippen molar-refractivity contribution < 1.29 is 4.79 Å². The second-order valence-electron chi connectivity index (χ2n) is 5.30. The van der Waals surface area contributed by atoms with Crippen LogP contribution in [0.1, 0.15) is 21.6 Å². The molecule has 2 aromatic heterocycles. The van der Waals surface area contributed by atoms with Gasteiger partial charge in [-0.2, -0.15) is 0 Å². The second-order valence-corrected chi connectivity index (χ2v) is 5.30. The van der Waals surface area contributed by atoms with Crippen LogP contribution in [0, 0.1) is 6.92 Å². The number of rotatable bonds is 3. The van der Waals surface area contributed by atoms with Crippen LogP contribution in [0.15, 0.2) is 48.8 Å². The molecule has 0 unspecified atom stereocenters. The largest absolute Gasteiger partial charge is 0.351 e. The number of carbonyl (C=O) groups excluding carboxylic acids is 1. The molecule has 0 radical (unpaired) electrons. The van der Waals surface area contributed by atoms with Crippen molar-refractivity contribution in [3.8, 4) is 0 Å². The summed E-state index contributed by atoms with van der Waals surface area (Å²) in [4.78, 5) is 21.4. The van der Waals surface area contributed by atoms with E-state index >= 15 is 0 Å². The van der Waals surface area contributed by atoms with Gasteiger partial charge >= 0.3 is 0 Å². The summed E-state index contributed by atoms with van der Waals surface area (Å²) in [5, 5.41) is 1.05. The van der Waals surface area contributed by atoms with Crippen molar-refractivity contribution in [2.24, 2.45) is 0 Å². The molecule has 0 fully saturated rings. The van der Waals surface area contributed by atoms with Crippen LogP contribution in [0.4, 0.5) is 0 Å². The van der Waals surface area contributed by atoms with Gasteiger partial charge in [0, 0.05) is 36.9 Å². The van der Waals surface area contributed by atoms with Crippen molar-refractivity contribution in [3.05, 3.63) is 65.6 Å². The lowest BCUT2D eigenvalue weighted by molar-refractivity contribution is 0.0780. The molecule has 1 aromatic carbocycles. The van der Waals surface area contributed by atoms with Crippen LogP contribution in [0.5, 0.6) is 0 Å². The van der Waals surface area contributed by atoms with Crippen LogP contribution in [0.3, 0.4) is 0 Å². The summed E-state index contributed by atoms with van der Waals surface area (Å²) in [6.07, 6.45) is 3.50. The summed E-state index contributed by atoms with van der Waals surface area (Å²) in [6.45, 7) is 2.58. The minimum absolute atomic E-state index is 0.0206. The van der Waals surface area contributed by atoms with Crippen molar-refractivity contribution >= 4 is 16.8 Å². The van der Waals surface area contributed by atoms with Gasteiger partial charge in [0.1, 0.15) is 5.69 Å². The Morgan fingerprint density at radius 3 is 2.90 bits per heavy atom. The molecular formula is C17H17N3O. The molecule has 0 aliphatic rings. The third kappa shape index (κ3) is 2.79. The van der Waals surface area contributed by atoms with E-state index in [-0.39, 0.29) is 5.91 Å². The first-order valence-corrected chi connectivity index (χ1v) is 6.87. The molecule has 21 heavy (non-hydrogen) atoms. The third-order valence-electron chi connectivity index (χ3n) is 3.50. The third-order valence-corrected chi connectivity index (χ3v) is 3.50. The average Bonchev–Trinajstić information content (AvgIpc) is 2.90. The molecule has 0 bridgehead atoms. The number of carbonyl (C=O) groups is 1. The number of nitrogens with one attached hydrogen (secondary N) is 1. The van der Waals surface area contributed by atoms with Gasteiger partial charge in [0.25, 0.3) is 5.91 Å². The maximum atomic E-state index is 12.5. The lowest BCUT2D eigenvalue weighted by atomic mass is 10.2. The van der Waals surface area contributed by atoms with E-state index in [9.17, 15) is 4.79 Å². The molecule has 2 heterocycles. The van der Waals surface area contributed by atoms with E-state index in [2.05, 4.69) is 9.97 Å². The Balaban J connectivity index is 1.82. The standard InChI is InChI=1S/C17H17N3O/c1-12-5-6-14-9-16(19-15(14)8-12)17(21)20(2)11-13-4-3-7-18-10-13/h3-10,19H,11H2,1-2H3. The van der Waals surface area contributed by atoms with Crippen LogP contribution in [-0.4, -0.2) is 27.8 Å². The van der Waals surface area contributed by atoms with E-state index in [1.807, 2.05) is 43.3 Å². The Morgan fingerprint density at radius 2 is 2.14 bits per heavy atom. The van der Waals surface area contributed by atoms with E-state index in [0.717, 1.165) is 16.5 Å². The SMILES string of the molecule is Cc1ccc2cc(C(=O)N(C)Cc3cccnc3)[nH]c2c1. The fourth-order valence-electron chi connectivity index (χ4n) is 2.40. The highest BCUT2D eigenvalue weighted by Crippen LogP contribution is 2.18. The number of amides is 1. The van der Waals surface area contributed by atoms with Crippen LogP contribution in [-0.2, 0) is 6.54 Å². The highest BCUT2D eigenvalue weighted by Gasteiger charge is 2.14. The van der Waals surface area contributed by atoms with Crippen LogP contribution in [0.2, 0.25) is 0 Å². The molecule has 1 amide bonds. The zero-order valence-electron chi connectivity index (χ0n) is 12.1. The minimum atomic E-state index is -0.0206. The first-order chi connectivity index (χ1) is 10.1. The topological polar surface area (TPSA) is 49.0 Å². The summed E-state index contributed by atoms with van der Waals surface area (Å²) in [5.74, 6) is -0.0206. The Bertz CT molecular complexity index is 777. The molecule has 3 aromatic rings. The number of nitrogens with zero attached hydrogens (tertiary/aromatic N) is 2. The van der Waals surface area contributed by atoms with Crippen molar-refractivity contribution in [2.45, 2.75) is 13.5 Å². The molecule has 0 atom stereocenters. The smallest absolute Gasteiger partial charge is 0.270 e. The Kier molecular flexibility index (Phi) is 3.44. The number of benzene rings is 1. The van der Waals surface area contributed by atoms with Gasteiger partial charge in [-0.25, -0.2) is 0 Å². The summed E-state index contributed by atoms with van der Waals surface area (Å²) in [7, 11) is 1.80. The number of fused-ring (bicyclic) bond motifs is 1. The molecule has 3 rings (SSSR count). The molecule has 1 N–H and O–H groups in total. The number of H-pyrrole nitrogens is 1. The maximum absolute atomic E-state index is 12.5. The normalized spacial score (nSPS) is 10.8. The maximum Gasteiger partial charge on any atom is 0.270 e.